The van der Waals surface area contributed by atoms with E-state index in [1.165, 1.54) is 12.0 Å². The lowest BCUT2D eigenvalue weighted by Gasteiger charge is -2.36. The second kappa shape index (κ2) is 5.09. The van der Waals surface area contributed by atoms with Gasteiger partial charge in [-0.25, -0.2) is 0 Å². The van der Waals surface area contributed by atoms with E-state index in [1.807, 2.05) is 6.92 Å². The Morgan fingerprint density at radius 3 is 2.59 bits per heavy atom. The van der Waals surface area contributed by atoms with Crippen molar-refractivity contribution < 1.29 is 4.74 Å². The first-order chi connectivity index (χ1) is 8.11. The average molecular weight is 233 g/mol. The van der Waals surface area contributed by atoms with Crippen LogP contribution >= 0.6 is 0 Å². The van der Waals surface area contributed by atoms with Gasteiger partial charge in [0, 0.05) is 13.1 Å². The molecule has 1 fully saturated rings. The Morgan fingerprint density at radius 1 is 1.29 bits per heavy atom. The van der Waals surface area contributed by atoms with Crippen molar-refractivity contribution in [3.8, 4) is 5.75 Å². The van der Waals surface area contributed by atoms with Crippen molar-refractivity contribution in [3.63, 3.8) is 0 Å². The maximum atomic E-state index is 5.47. The summed E-state index contributed by atoms with van der Waals surface area (Å²) in [5.41, 5.74) is 1.83. The minimum absolute atomic E-state index is 0.404. The van der Waals surface area contributed by atoms with Gasteiger partial charge in [0.25, 0.3) is 0 Å². The monoisotopic (exact) mass is 233 g/mol. The highest BCUT2D eigenvalue weighted by Gasteiger charge is 2.28. The summed E-state index contributed by atoms with van der Waals surface area (Å²) in [6.07, 6.45) is 1.26. The molecule has 0 saturated carbocycles. The van der Waals surface area contributed by atoms with Crippen LogP contribution in [-0.4, -0.2) is 19.7 Å². The molecular formula is C15H23NO. The van der Waals surface area contributed by atoms with E-state index >= 15 is 0 Å². The van der Waals surface area contributed by atoms with Crippen LogP contribution in [0, 0.1) is 5.41 Å². The van der Waals surface area contributed by atoms with Gasteiger partial charge in [0.05, 0.1) is 6.61 Å². The van der Waals surface area contributed by atoms with Gasteiger partial charge in [-0.1, -0.05) is 26.0 Å². The highest BCUT2D eigenvalue weighted by molar-refractivity contribution is 5.30. The van der Waals surface area contributed by atoms with E-state index in [0.717, 1.165) is 25.4 Å². The molecule has 2 nitrogen and oxygen atoms in total. The topological polar surface area (TPSA) is 21.3 Å². The first kappa shape index (κ1) is 12.4. The number of piperidine rings is 1. The standard InChI is InChI=1S/C15H23NO/c1-4-17-14-7-5-12(6-8-14)13-9-15(2,3)11-16-10-13/h5-8,13,16H,4,9-11H2,1-3H3. The Morgan fingerprint density at radius 2 is 2.00 bits per heavy atom. The van der Waals surface area contributed by atoms with Gasteiger partial charge >= 0.3 is 0 Å². The number of rotatable bonds is 3. The number of hydrogen-bond acceptors (Lipinski definition) is 2. The zero-order chi connectivity index (χ0) is 12.3. The first-order valence-electron chi connectivity index (χ1n) is 6.54. The van der Waals surface area contributed by atoms with Crippen LogP contribution in [0.2, 0.25) is 0 Å². The third-order valence-corrected chi connectivity index (χ3v) is 3.46. The SMILES string of the molecule is CCOc1ccc(C2CNCC(C)(C)C2)cc1. The minimum Gasteiger partial charge on any atom is -0.494 e. The Balaban J connectivity index is 2.06. The summed E-state index contributed by atoms with van der Waals surface area (Å²) in [4.78, 5) is 0. The molecule has 1 aliphatic rings. The summed E-state index contributed by atoms with van der Waals surface area (Å²) >= 11 is 0. The Labute approximate surface area is 104 Å². The van der Waals surface area contributed by atoms with E-state index in [9.17, 15) is 0 Å². The van der Waals surface area contributed by atoms with Crippen molar-refractivity contribution in [3.05, 3.63) is 29.8 Å². The van der Waals surface area contributed by atoms with Gasteiger partial charge in [0.15, 0.2) is 0 Å². The lowest BCUT2D eigenvalue weighted by Crippen LogP contribution is -2.40. The molecule has 0 amide bonds. The summed E-state index contributed by atoms with van der Waals surface area (Å²) in [5.74, 6) is 1.61. The van der Waals surface area contributed by atoms with Crippen LogP contribution in [-0.2, 0) is 0 Å². The summed E-state index contributed by atoms with van der Waals surface area (Å²) in [5, 5.41) is 3.53. The second-order valence-corrected chi connectivity index (χ2v) is 5.70. The molecule has 1 heterocycles. The molecule has 0 spiro atoms. The zero-order valence-corrected chi connectivity index (χ0v) is 11.1. The molecule has 1 unspecified atom stereocenters. The number of hydrogen-bond donors (Lipinski definition) is 1. The van der Waals surface area contributed by atoms with Crippen LogP contribution in [0.15, 0.2) is 24.3 Å². The minimum atomic E-state index is 0.404. The molecule has 1 aliphatic heterocycles. The van der Waals surface area contributed by atoms with Crippen LogP contribution in [0.1, 0.15) is 38.7 Å². The summed E-state index contributed by atoms with van der Waals surface area (Å²) in [6.45, 7) is 9.64. The molecule has 0 bridgehead atoms. The quantitative estimate of drug-likeness (QED) is 0.865. The number of nitrogens with one attached hydrogen (secondary N) is 1. The van der Waals surface area contributed by atoms with Crippen LogP contribution in [0.5, 0.6) is 5.75 Å². The van der Waals surface area contributed by atoms with Crippen molar-refractivity contribution in [1.29, 1.82) is 0 Å². The summed E-state index contributed by atoms with van der Waals surface area (Å²) < 4.78 is 5.47. The molecule has 94 valence electrons. The van der Waals surface area contributed by atoms with Crippen molar-refractivity contribution in [2.45, 2.75) is 33.1 Å². The largest absolute Gasteiger partial charge is 0.494 e. The summed E-state index contributed by atoms with van der Waals surface area (Å²) in [6, 6.07) is 8.58. The molecule has 17 heavy (non-hydrogen) atoms. The van der Waals surface area contributed by atoms with E-state index in [1.54, 1.807) is 0 Å². The van der Waals surface area contributed by atoms with Gasteiger partial charge < -0.3 is 10.1 Å². The maximum absolute atomic E-state index is 5.47. The van der Waals surface area contributed by atoms with E-state index in [-0.39, 0.29) is 0 Å². The fourth-order valence-corrected chi connectivity index (χ4v) is 2.63. The van der Waals surface area contributed by atoms with Gasteiger partial charge in [-0.05, 0) is 42.4 Å². The molecule has 1 saturated heterocycles. The van der Waals surface area contributed by atoms with Crippen LogP contribution in [0.3, 0.4) is 0 Å². The smallest absolute Gasteiger partial charge is 0.119 e. The highest BCUT2D eigenvalue weighted by Crippen LogP contribution is 2.34. The van der Waals surface area contributed by atoms with Crippen molar-refractivity contribution >= 4 is 0 Å². The molecule has 1 aromatic rings. The third-order valence-electron chi connectivity index (χ3n) is 3.46. The molecule has 0 aromatic heterocycles. The van der Waals surface area contributed by atoms with Gasteiger partial charge in [-0.3, -0.25) is 0 Å². The van der Waals surface area contributed by atoms with E-state index < -0.39 is 0 Å². The fraction of sp³-hybridized carbons (Fsp3) is 0.600. The average Bonchev–Trinajstić information content (AvgIpc) is 2.29. The Kier molecular flexibility index (Phi) is 3.72. The molecule has 0 radical (unpaired) electrons. The molecular weight excluding hydrogens is 210 g/mol. The van der Waals surface area contributed by atoms with Crippen molar-refractivity contribution in [2.24, 2.45) is 5.41 Å². The molecule has 1 aromatic carbocycles. The predicted octanol–water partition coefficient (Wildman–Crippen LogP) is 3.19. The van der Waals surface area contributed by atoms with Gasteiger partial charge in [0.1, 0.15) is 5.75 Å². The number of benzene rings is 1. The lowest BCUT2D eigenvalue weighted by atomic mass is 9.77. The van der Waals surface area contributed by atoms with Crippen LogP contribution in [0.4, 0.5) is 0 Å². The fourth-order valence-electron chi connectivity index (χ4n) is 2.63. The van der Waals surface area contributed by atoms with E-state index in [0.29, 0.717) is 11.3 Å². The Hall–Kier alpha value is -1.02. The zero-order valence-electron chi connectivity index (χ0n) is 11.1. The number of ether oxygens (including phenoxy) is 1. The van der Waals surface area contributed by atoms with Crippen LogP contribution in [0.25, 0.3) is 0 Å². The van der Waals surface area contributed by atoms with Gasteiger partial charge in [-0.2, -0.15) is 0 Å². The van der Waals surface area contributed by atoms with Crippen molar-refractivity contribution in [1.82, 2.24) is 5.32 Å². The normalized spacial score (nSPS) is 23.4. The lowest BCUT2D eigenvalue weighted by molar-refractivity contribution is 0.240. The molecule has 1 atom stereocenters. The Bertz CT molecular complexity index is 356. The maximum Gasteiger partial charge on any atom is 0.119 e. The van der Waals surface area contributed by atoms with E-state index in [2.05, 4.69) is 43.4 Å². The van der Waals surface area contributed by atoms with E-state index in [4.69, 9.17) is 4.74 Å². The van der Waals surface area contributed by atoms with Gasteiger partial charge in [-0.15, -0.1) is 0 Å². The van der Waals surface area contributed by atoms with Gasteiger partial charge in [0.2, 0.25) is 0 Å². The summed E-state index contributed by atoms with van der Waals surface area (Å²) in [7, 11) is 0. The molecule has 1 N–H and O–H groups in total. The van der Waals surface area contributed by atoms with Crippen molar-refractivity contribution in [2.75, 3.05) is 19.7 Å². The molecule has 0 aliphatic carbocycles. The second-order valence-electron chi connectivity index (χ2n) is 5.70. The predicted molar refractivity (Wildman–Crippen MR) is 71.6 cm³/mol. The first-order valence-corrected chi connectivity index (χ1v) is 6.54. The third kappa shape index (κ3) is 3.22. The van der Waals surface area contributed by atoms with Crippen LogP contribution < -0.4 is 10.1 Å². The molecule has 2 rings (SSSR count). The highest BCUT2D eigenvalue weighted by atomic mass is 16.5. The molecule has 2 heteroatoms.